The smallest absolute Gasteiger partial charge is 0.142 e. The molecule has 4 aromatic rings. The maximum atomic E-state index is 5.39. The standard InChI is InChI=1S/C14H11N3O/c1-18-11-4-2-3-9-10-6-5-8-7-15-17-12(8)14(10)16-13(9)11/h2-7,16H,1H3,(H,15,17). The SMILES string of the molecule is COc1cccc2c1[nH]c1c2ccc2cn[nH]c21. The summed E-state index contributed by atoms with van der Waals surface area (Å²) in [6, 6.07) is 10.3. The summed E-state index contributed by atoms with van der Waals surface area (Å²) in [5.41, 5.74) is 3.13. The van der Waals surface area contributed by atoms with Gasteiger partial charge >= 0.3 is 0 Å². The van der Waals surface area contributed by atoms with E-state index in [1.807, 2.05) is 18.3 Å². The number of methoxy groups -OCH3 is 1. The van der Waals surface area contributed by atoms with E-state index in [2.05, 4.69) is 33.4 Å². The number of nitrogens with zero attached hydrogens (tertiary/aromatic N) is 1. The average Bonchev–Trinajstić information content (AvgIpc) is 3.01. The number of rotatable bonds is 1. The van der Waals surface area contributed by atoms with E-state index in [0.29, 0.717) is 0 Å². The molecule has 0 bridgehead atoms. The molecule has 4 rings (SSSR count). The molecule has 4 heteroatoms. The topological polar surface area (TPSA) is 53.7 Å². The van der Waals surface area contributed by atoms with Gasteiger partial charge in [-0.2, -0.15) is 5.10 Å². The van der Waals surface area contributed by atoms with Gasteiger partial charge in [-0.15, -0.1) is 0 Å². The van der Waals surface area contributed by atoms with Crippen LogP contribution in [0.15, 0.2) is 36.5 Å². The average molecular weight is 237 g/mol. The second kappa shape index (κ2) is 3.26. The summed E-state index contributed by atoms with van der Waals surface area (Å²) in [7, 11) is 1.69. The van der Waals surface area contributed by atoms with Gasteiger partial charge in [-0.25, -0.2) is 0 Å². The minimum atomic E-state index is 0.858. The lowest BCUT2D eigenvalue weighted by atomic mass is 10.1. The third-order valence-corrected chi connectivity index (χ3v) is 3.40. The van der Waals surface area contributed by atoms with Gasteiger partial charge in [-0.1, -0.05) is 24.3 Å². The van der Waals surface area contributed by atoms with Crippen molar-refractivity contribution in [2.24, 2.45) is 0 Å². The molecule has 0 aliphatic rings. The summed E-state index contributed by atoms with van der Waals surface area (Å²) in [5, 5.41) is 10.6. The fourth-order valence-electron chi connectivity index (χ4n) is 2.55. The normalized spacial score (nSPS) is 11.6. The number of para-hydroxylation sites is 1. The Bertz CT molecular complexity index is 873. The predicted octanol–water partition coefficient (Wildman–Crippen LogP) is 3.21. The largest absolute Gasteiger partial charge is 0.495 e. The minimum absolute atomic E-state index is 0.858. The highest BCUT2D eigenvalue weighted by atomic mass is 16.5. The van der Waals surface area contributed by atoms with Crippen molar-refractivity contribution in [1.82, 2.24) is 15.2 Å². The summed E-state index contributed by atoms with van der Waals surface area (Å²) in [4.78, 5) is 3.43. The summed E-state index contributed by atoms with van der Waals surface area (Å²) < 4.78 is 5.39. The fraction of sp³-hybridized carbons (Fsp3) is 0.0714. The van der Waals surface area contributed by atoms with Crippen molar-refractivity contribution in [1.29, 1.82) is 0 Å². The van der Waals surface area contributed by atoms with Crippen LogP contribution in [0.3, 0.4) is 0 Å². The van der Waals surface area contributed by atoms with Gasteiger partial charge in [0.2, 0.25) is 0 Å². The molecule has 0 fully saturated rings. The van der Waals surface area contributed by atoms with Crippen LogP contribution in [0.2, 0.25) is 0 Å². The van der Waals surface area contributed by atoms with Crippen LogP contribution < -0.4 is 4.74 Å². The van der Waals surface area contributed by atoms with Gasteiger partial charge in [0.05, 0.1) is 29.9 Å². The summed E-state index contributed by atoms with van der Waals surface area (Å²) >= 11 is 0. The lowest BCUT2D eigenvalue weighted by Gasteiger charge is -1.99. The number of fused-ring (bicyclic) bond motifs is 5. The molecule has 88 valence electrons. The van der Waals surface area contributed by atoms with E-state index < -0.39 is 0 Å². The second-order valence-corrected chi connectivity index (χ2v) is 4.33. The van der Waals surface area contributed by atoms with Crippen LogP contribution in [0.5, 0.6) is 5.75 Å². The second-order valence-electron chi connectivity index (χ2n) is 4.33. The number of hydrogen-bond acceptors (Lipinski definition) is 2. The molecule has 0 saturated carbocycles. The Morgan fingerprint density at radius 1 is 1.00 bits per heavy atom. The zero-order chi connectivity index (χ0) is 12.1. The maximum absolute atomic E-state index is 5.39. The van der Waals surface area contributed by atoms with Gasteiger partial charge in [-0.3, -0.25) is 5.10 Å². The molecule has 0 atom stereocenters. The Morgan fingerprint density at radius 3 is 2.78 bits per heavy atom. The van der Waals surface area contributed by atoms with Gasteiger partial charge in [0.1, 0.15) is 5.75 Å². The molecule has 0 aliphatic heterocycles. The quantitative estimate of drug-likeness (QED) is 0.534. The first-order valence-electron chi connectivity index (χ1n) is 5.79. The zero-order valence-corrected chi connectivity index (χ0v) is 9.82. The van der Waals surface area contributed by atoms with Gasteiger partial charge in [0, 0.05) is 16.2 Å². The van der Waals surface area contributed by atoms with Gasteiger partial charge in [0.15, 0.2) is 0 Å². The highest BCUT2D eigenvalue weighted by Gasteiger charge is 2.11. The first kappa shape index (κ1) is 9.53. The lowest BCUT2D eigenvalue weighted by Crippen LogP contribution is -1.82. The molecule has 0 unspecified atom stereocenters. The third-order valence-electron chi connectivity index (χ3n) is 3.40. The van der Waals surface area contributed by atoms with E-state index in [4.69, 9.17) is 4.74 Å². The van der Waals surface area contributed by atoms with E-state index >= 15 is 0 Å². The Balaban J connectivity index is 2.29. The molecule has 2 aromatic carbocycles. The van der Waals surface area contributed by atoms with E-state index in [1.165, 1.54) is 10.8 Å². The Morgan fingerprint density at radius 2 is 1.89 bits per heavy atom. The molecule has 0 aliphatic carbocycles. The van der Waals surface area contributed by atoms with E-state index in [1.54, 1.807) is 7.11 Å². The van der Waals surface area contributed by atoms with Gasteiger partial charge in [-0.05, 0) is 6.07 Å². The highest BCUT2D eigenvalue weighted by molar-refractivity contribution is 6.16. The van der Waals surface area contributed by atoms with E-state index in [0.717, 1.165) is 27.7 Å². The number of H-pyrrole nitrogens is 2. The molecule has 2 heterocycles. The Kier molecular flexibility index (Phi) is 1.73. The molecular weight excluding hydrogens is 226 g/mol. The van der Waals surface area contributed by atoms with Gasteiger partial charge < -0.3 is 9.72 Å². The molecule has 0 spiro atoms. The molecule has 0 amide bonds. The first-order valence-corrected chi connectivity index (χ1v) is 5.79. The summed E-state index contributed by atoms with van der Waals surface area (Å²) in [5.74, 6) is 0.858. The summed E-state index contributed by atoms with van der Waals surface area (Å²) in [6.07, 6.45) is 1.83. The number of aromatic amines is 2. The molecule has 4 nitrogen and oxygen atoms in total. The van der Waals surface area contributed by atoms with Crippen molar-refractivity contribution >= 4 is 32.7 Å². The first-order chi connectivity index (χ1) is 8.88. The monoisotopic (exact) mass is 237 g/mol. The van der Waals surface area contributed by atoms with Crippen LogP contribution in [-0.2, 0) is 0 Å². The molecule has 2 aromatic heterocycles. The fourth-order valence-corrected chi connectivity index (χ4v) is 2.55. The number of aromatic nitrogens is 3. The van der Waals surface area contributed by atoms with Crippen molar-refractivity contribution < 1.29 is 4.74 Å². The van der Waals surface area contributed by atoms with Crippen LogP contribution in [0.25, 0.3) is 32.7 Å². The predicted molar refractivity (Wildman–Crippen MR) is 72.0 cm³/mol. The molecule has 2 N–H and O–H groups in total. The Hall–Kier alpha value is -2.49. The number of nitrogens with one attached hydrogen (secondary N) is 2. The zero-order valence-electron chi connectivity index (χ0n) is 9.82. The van der Waals surface area contributed by atoms with E-state index in [-0.39, 0.29) is 0 Å². The molecular formula is C14H11N3O. The highest BCUT2D eigenvalue weighted by Crippen LogP contribution is 2.34. The van der Waals surface area contributed by atoms with Crippen LogP contribution in [-0.4, -0.2) is 22.3 Å². The lowest BCUT2D eigenvalue weighted by molar-refractivity contribution is 0.419. The van der Waals surface area contributed by atoms with Crippen LogP contribution in [0.4, 0.5) is 0 Å². The summed E-state index contributed by atoms with van der Waals surface area (Å²) in [6.45, 7) is 0. The van der Waals surface area contributed by atoms with Crippen molar-refractivity contribution in [3.05, 3.63) is 36.5 Å². The van der Waals surface area contributed by atoms with Crippen LogP contribution >= 0.6 is 0 Å². The maximum Gasteiger partial charge on any atom is 0.142 e. The van der Waals surface area contributed by atoms with E-state index in [9.17, 15) is 0 Å². The minimum Gasteiger partial charge on any atom is -0.495 e. The van der Waals surface area contributed by atoms with Gasteiger partial charge in [0.25, 0.3) is 0 Å². The Labute approximate surface area is 103 Å². The molecule has 18 heavy (non-hydrogen) atoms. The third kappa shape index (κ3) is 1.07. The molecule has 0 radical (unpaired) electrons. The van der Waals surface area contributed by atoms with Crippen molar-refractivity contribution in [2.45, 2.75) is 0 Å². The number of hydrogen-bond donors (Lipinski definition) is 2. The molecule has 0 saturated heterocycles. The van der Waals surface area contributed by atoms with Crippen LogP contribution in [0.1, 0.15) is 0 Å². The van der Waals surface area contributed by atoms with Crippen molar-refractivity contribution in [3.63, 3.8) is 0 Å². The van der Waals surface area contributed by atoms with Crippen LogP contribution in [0, 0.1) is 0 Å². The van der Waals surface area contributed by atoms with Crippen molar-refractivity contribution in [3.8, 4) is 5.75 Å². The number of ether oxygens (including phenoxy) is 1. The number of benzene rings is 2. The van der Waals surface area contributed by atoms with Crippen molar-refractivity contribution in [2.75, 3.05) is 7.11 Å².